The van der Waals surface area contributed by atoms with Crippen molar-refractivity contribution in [2.75, 3.05) is 31.4 Å². The van der Waals surface area contributed by atoms with E-state index in [1.807, 2.05) is 18.2 Å². The first-order chi connectivity index (χ1) is 13.6. The Labute approximate surface area is 162 Å². The summed E-state index contributed by atoms with van der Waals surface area (Å²) in [6.45, 7) is 2.43. The van der Waals surface area contributed by atoms with Gasteiger partial charge in [0.15, 0.2) is 17.3 Å². The van der Waals surface area contributed by atoms with E-state index < -0.39 is 0 Å². The molecule has 0 atom stereocenters. The Kier molecular flexibility index (Phi) is 6.11. The van der Waals surface area contributed by atoms with Crippen molar-refractivity contribution in [1.29, 1.82) is 0 Å². The molecule has 0 bridgehead atoms. The third-order valence-electron chi connectivity index (χ3n) is 4.06. The number of pyridine rings is 1. The lowest BCUT2D eigenvalue weighted by molar-refractivity contribution is 0.102. The third-order valence-corrected chi connectivity index (χ3v) is 4.06. The third kappa shape index (κ3) is 4.79. The molecular formula is C20H22N4O4. The average Bonchev–Trinajstić information content (AvgIpc) is 3.12. The van der Waals surface area contributed by atoms with Crippen molar-refractivity contribution in [3.05, 3.63) is 59.6 Å². The number of aryl methyl sites for hydroxylation is 1. The van der Waals surface area contributed by atoms with Crippen LogP contribution in [-0.2, 0) is 6.42 Å². The molecule has 1 aromatic carbocycles. The van der Waals surface area contributed by atoms with Crippen molar-refractivity contribution in [3.8, 4) is 11.5 Å². The Balaban J connectivity index is 1.58. The fourth-order valence-corrected chi connectivity index (χ4v) is 2.66. The average molecular weight is 382 g/mol. The molecular weight excluding hydrogens is 360 g/mol. The van der Waals surface area contributed by atoms with Gasteiger partial charge in [0.2, 0.25) is 0 Å². The minimum atomic E-state index is -0.302. The number of carbonyl (C=O) groups is 1. The molecule has 0 saturated carbocycles. The molecule has 0 aliphatic rings. The van der Waals surface area contributed by atoms with Gasteiger partial charge < -0.3 is 24.6 Å². The standard InChI is InChI=1S/C20H22N4O4/c1-13-8-19(24-28-13)23-20(25)15-10-16(12-21-11-15)22-7-6-14-4-5-17(26-2)18(9-14)27-3/h4-5,8-12,22H,6-7H2,1-3H3,(H,23,24,25). The maximum atomic E-state index is 12.3. The molecule has 0 unspecified atom stereocenters. The van der Waals surface area contributed by atoms with Crippen LogP contribution in [0.25, 0.3) is 0 Å². The highest BCUT2D eigenvalue weighted by Gasteiger charge is 2.10. The quantitative estimate of drug-likeness (QED) is 0.617. The molecule has 2 N–H and O–H groups in total. The smallest absolute Gasteiger partial charge is 0.258 e. The van der Waals surface area contributed by atoms with Crippen LogP contribution < -0.4 is 20.1 Å². The number of carbonyl (C=O) groups excluding carboxylic acids is 1. The Morgan fingerprint density at radius 3 is 2.64 bits per heavy atom. The molecule has 0 radical (unpaired) electrons. The summed E-state index contributed by atoms with van der Waals surface area (Å²) >= 11 is 0. The highest BCUT2D eigenvalue weighted by Crippen LogP contribution is 2.27. The van der Waals surface area contributed by atoms with Gasteiger partial charge in [-0.25, -0.2) is 0 Å². The van der Waals surface area contributed by atoms with Crippen molar-refractivity contribution >= 4 is 17.4 Å². The number of amides is 1. The molecule has 3 aromatic rings. The van der Waals surface area contributed by atoms with Gasteiger partial charge in [-0.05, 0) is 37.1 Å². The first-order valence-corrected chi connectivity index (χ1v) is 8.73. The van der Waals surface area contributed by atoms with E-state index in [0.717, 1.165) is 17.7 Å². The van der Waals surface area contributed by atoms with Crippen LogP contribution in [-0.4, -0.2) is 36.8 Å². The van der Waals surface area contributed by atoms with Crippen molar-refractivity contribution in [3.63, 3.8) is 0 Å². The molecule has 0 spiro atoms. The second-order valence-corrected chi connectivity index (χ2v) is 6.11. The zero-order valence-corrected chi connectivity index (χ0v) is 16.0. The predicted molar refractivity (Wildman–Crippen MR) is 105 cm³/mol. The normalized spacial score (nSPS) is 10.4. The summed E-state index contributed by atoms with van der Waals surface area (Å²) in [4.78, 5) is 16.4. The summed E-state index contributed by atoms with van der Waals surface area (Å²) in [5, 5.41) is 9.70. The molecule has 0 fully saturated rings. The van der Waals surface area contributed by atoms with Gasteiger partial charge in [-0.15, -0.1) is 0 Å². The van der Waals surface area contributed by atoms with E-state index in [0.29, 0.717) is 35.2 Å². The van der Waals surface area contributed by atoms with Gasteiger partial charge in [0.25, 0.3) is 5.91 Å². The topological polar surface area (TPSA) is 98.5 Å². The van der Waals surface area contributed by atoms with Crippen LogP contribution in [0.2, 0.25) is 0 Å². The number of anilines is 2. The number of hydrogen-bond acceptors (Lipinski definition) is 7. The second kappa shape index (κ2) is 8.90. The molecule has 0 aliphatic heterocycles. The molecule has 0 saturated heterocycles. The first kappa shape index (κ1) is 19.2. The number of rotatable bonds is 8. The summed E-state index contributed by atoms with van der Waals surface area (Å²) in [5.41, 5.74) is 2.29. The van der Waals surface area contributed by atoms with Crippen molar-refractivity contribution in [2.45, 2.75) is 13.3 Å². The molecule has 0 aliphatic carbocycles. The van der Waals surface area contributed by atoms with Crippen LogP contribution in [0.4, 0.5) is 11.5 Å². The van der Waals surface area contributed by atoms with E-state index in [-0.39, 0.29) is 5.91 Å². The first-order valence-electron chi connectivity index (χ1n) is 8.73. The van der Waals surface area contributed by atoms with E-state index >= 15 is 0 Å². The van der Waals surface area contributed by atoms with E-state index in [2.05, 4.69) is 20.8 Å². The molecule has 146 valence electrons. The van der Waals surface area contributed by atoms with E-state index in [4.69, 9.17) is 14.0 Å². The van der Waals surface area contributed by atoms with Gasteiger partial charge in [-0.3, -0.25) is 9.78 Å². The van der Waals surface area contributed by atoms with E-state index in [1.54, 1.807) is 39.5 Å². The van der Waals surface area contributed by atoms with Crippen molar-refractivity contribution in [2.24, 2.45) is 0 Å². The van der Waals surface area contributed by atoms with Crippen LogP contribution in [0, 0.1) is 6.92 Å². The van der Waals surface area contributed by atoms with E-state index in [1.165, 1.54) is 6.20 Å². The van der Waals surface area contributed by atoms with Crippen LogP contribution >= 0.6 is 0 Å². The maximum Gasteiger partial charge on any atom is 0.258 e. The number of nitrogens with zero attached hydrogens (tertiary/aromatic N) is 2. The van der Waals surface area contributed by atoms with E-state index in [9.17, 15) is 4.79 Å². The number of hydrogen-bond donors (Lipinski definition) is 2. The summed E-state index contributed by atoms with van der Waals surface area (Å²) in [5.74, 6) is 2.09. The highest BCUT2D eigenvalue weighted by atomic mass is 16.5. The predicted octanol–water partition coefficient (Wildman–Crippen LogP) is 3.30. The molecule has 28 heavy (non-hydrogen) atoms. The molecule has 8 nitrogen and oxygen atoms in total. The molecule has 2 aromatic heterocycles. The number of benzene rings is 1. The van der Waals surface area contributed by atoms with Gasteiger partial charge >= 0.3 is 0 Å². The minimum absolute atomic E-state index is 0.302. The fourth-order valence-electron chi connectivity index (χ4n) is 2.66. The van der Waals surface area contributed by atoms with Gasteiger partial charge in [0, 0.05) is 25.0 Å². The maximum absolute atomic E-state index is 12.3. The zero-order valence-electron chi connectivity index (χ0n) is 16.0. The lowest BCUT2D eigenvalue weighted by Gasteiger charge is -2.11. The molecule has 1 amide bonds. The number of methoxy groups -OCH3 is 2. The van der Waals surface area contributed by atoms with Crippen molar-refractivity contribution < 1.29 is 18.8 Å². The molecule has 8 heteroatoms. The number of nitrogens with one attached hydrogen (secondary N) is 2. The van der Waals surface area contributed by atoms with Gasteiger partial charge in [0.1, 0.15) is 5.76 Å². The van der Waals surface area contributed by atoms with Gasteiger partial charge in [-0.2, -0.15) is 0 Å². The molecule has 2 heterocycles. The number of aromatic nitrogens is 2. The van der Waals surface area contributed by atoms with Gasteiger partial charge in [-0.1, -0.05) is 11.2 Å². The Morgan fingerprint density at radius 1 is 1.11 bits per heavy atom. The SMILES string of the molecule is COc1ccc(CCNc2cncc(C(=O)Nc3cc(C)on3)c2)cc1OC. The summed E-state index contributed by atoms with van der Waals surface area (Å²) < 4.78 is 15.5. The summed E-state index contributed by atoms with van der Waals surface area (Å²) in [6.07, 6.45) is 3.95. The minimum Gasteiger partial charge on any atom is -0.493 e. The largest absolute Gasteiger partial charge is 0.493 e. The number of ether oxygens (including phenoxy) is 2. The van der Waals surface area contributed by atoms with Crippen LogP contribution in [0.3, 0.4) is 0 Å². The fraction of sp³-hybridized carbons (Fsp3) is 0.250. The molecule has 3 rings (SSSR count). The highest BCUT2D eigenvalue weighted by molar-refractivity contribution is 6.04. The van der Waals surface area contributed by atoms with Gasteiger partial charge in [0.05, 0.1) is 25.5 Å². The van der Waals surface area contributed by atoms with Crippen LogP contribution in [0.15, 0.2) is 47.2 Å². The lowest BCUT2D eigenvalue weighted by Crippen LogP contribution is -2.13. The van der Waals surface area contributed by atoms with Crippen LogP contribution in [0.1, 0.15) is 21.7 Å². The Bertz CT molecular complexity index is 955. The Morgan fingerprint density at radius 2 is 1.93 bits per heavy atom. The van der Waals surface area contributed by atoms with Crippen LogP contribution in [0.5, 0.6) is 11.5 Å². The Hall–Kier alpha value is -3.55. The second-order valence-electron chi connectivity index (χ2n) is 6.11. The zero-order chi connectivity index (χ0) is 19.9. The summed E-state index contributed by atoms with van der Waals surface area (Å²) in [7, 11) is 3.22. The lowest BCUT2D eigenvalue weighted by atomic mass is 10.1. The van der Waals surface area contributed by atoms with Crippen molar-refractivity contribution in [1.82, 2.24) is 10.1 Å². The summed E-state index contributed by atoms with van der Waals surface area (Å²) in [6, 6.07) is 9.21. The monoisotopic (exact) mass is 382 g/mol.